The summed E-state index contributed by atoms with van der Waals surface area (Å²) in [5.74, 6) is -0.679. The Kier molecular flexibility index (Phi) is 6.43. The summed E-state index contributed by atoms with van der Waals surface area (Å²) in [6.07, 6.45) is 0. The van der Waals surface area contributed by atoms with Crippen LogP contribution >= 0.6 is 0 Å². The second-order valence-corrected chi connectivity index (χ2v) is 8.78. The Balaban J connectivity index is 1.52. The molecule has 28 heavy (non-hydrogen) atoms. The van der Waals surface area contributed by atoms with E-state index in [1.54, 1.807) is 0 Å². The van der Waals surface area contributed by atoms with E-state index in [4.69, 9.17) is 0 Å². The number of hydrogen-bond donors (Lipinski definition) is 1. The first-order valence-corrected chi connectivity index (χ1v) is 10.6. The lowest BCUT2D eigenvalue weighted by atomic mass is 10.1. The van der Waals surface area contributed by atoms with Crippen LogP contribution in [-0.2, 0) is 14.8 Å². The van der Waals surface area contributed by atoms with E-state index in [0.29, 0.717) is 13.1 Å². The number of amides is 1. The van der Waals surface area contributed by atoms with E-state index in [0.717, 1.165) is 11.6 Å². The molecule has 2 aromatic rings. The van der Waals surface area contributed by atoms with E-state index < -0.39 is 15.8 Å². The van der Waals surface area contributed by atoms with Crippen LogP contribution in [-0.4, -0.2) is 56.3 Å². The molecule has 0 saturated carbocycles. The lowest BCUT2D eigenvalue weighted by molar-refractivity contribution is -0.123. The SMILES string of the molecule is C[C@@H](NC(=O)CN1CCN(S(=O)(=O)c2cccc(F)c2)CC1)c1ccccc1. The molecule has 3 rings (SSSR count). The molecule has 0 unspecified atom stereocenters. The van der Waals surface area contributed by atoms with Gasteiger partial charge in [-0.05, 0) is 30.7 Å². The predicted octanol–water partition coefficient (Wildman–Crippen LogP) is 2.01. The van der Waals surface area contributed by atoms with Crippen molar-refractivity contribution in [3.63, 3.8) is 0 Å². The van der Waals surface area contributed by atoms with Gasteiger partial charge in [-0.25, -0.2) is 12.8 Å². The molecule has 6 nitrogen and oxygen atoms in total. The van der Waals surface area contributed by atoms with Crippen LogP contribution in [0.5, 0.6) is 0 Å². The first kappa shape index (κ1) is 20.4. The molecule has 2 aromatic carbocycles. The average molecular weight is 405 g/mol. The number of sulfonamides is 1. The van der Waals surface area contributed by atoms with Gasteiger partial charge in [0.25, 0.3) is 0 Å². The summed E-state index contributed by atoms with van der Waals surface area (Å²) in [7, 11) is -3.73. The average Bonchev–Trinajstić information content (AvgIpc) is 2.69. The van der Waals surface area contributed by atoms with E-state index in [-0.39, 0.29) is 36.5 Å². The van der Waals surface area contributed by atoms with Gasteiger partial charge < -0.3 is 5.32 Å². The zero-order valence-electron chi connectivity index (χ0n) is 15.7. The zero-order valence-corrected chi connectivity index (χ0v) is 16.5. The molecule has 0 radical (unpaired) electrons. The van der Waals surface area contributed by atoms with Crippen LogP contribution in [0.15, 0.2) is 59.5 Å². The number of nitrogens with one attached hydrogen (secondary N) is 1. The summed E-state index contributed by atoms with van der Waals surface area (Å²) < 4.78 is 40.0. The summed E-state index contributed by atoms with van der Waals surface area (Å²) >= 11 is 0. The van der Waals surface area contributed by atoms with Gasteiger partial charge in [-0.2, -0.15) is 4.31 Å². The monoisotopic (exact) mass is 405 g/mol. The summed E-state index contributed by atoms with van der Waals surface area (Å²) in [5.41, 5.74) is 1.03. The predicted molar refractivity (Wildman–Crippen MR) is 105 cm³/mol. The third kappa shape index (κ3) is 4.95. The highest BCUT2D eigenvalue weighted by Crippen LogP contribution is 2.18. The van der Waals surface area contributed by atoms with Gasteiger partial charge in [-0.15, -0.1) is 0 Å². The van der Waals surface area contributed by atoms with E-state index in [1.165, 1.54) is 22.5 Å². The lowest BCUT2D eigenvalue weighted by Gasteiger charge is -2.33. The Hall–Kier alpha value is -2.29. The van der Waals surface area contributed by atoms with E-state index >= 15 is 0 Å². The minimum absolute atomic E-state index is 0.0459. The molecule has 150 valence electrons. The third-order valence-corrected chi connectivity index (χ3v) is 6.70. The van der Waals surface area contributed by atoms with Crippen LogP contribution in [0.1, 0.15) is 18.5 Å². The van der Waals surface area contributed by atoms with Crippen molar-refractivity contribution in [1.29, 1.82) is 0 Å². The normalized spacial score (nSPS) is 17.2. The second kappa shape index (κ2) is 8.81. The smallest absolute Gasteiger partial charge is 0.243 e. The molecular weight excluding hydrogens is 381 g/mol. The number of piperazine rings is 1. The number of carbonyl (C=O) groups excluding carboxylic acids is 1. The summed E-state index contributed by atoms with van der Waals surface area (Å²) in [5, 5.41) is 2.96. The largest absolute Gasteiger partial charge is 0.348 e. The molecular formula is C20H24FN3O3S. The molecule has 1 aliphatic heterocycles. The fourth-order valence-electron chi connectivity index (χ4n) is 3.22. The van der Waals surface area contributed by atoms with Crippen molar-refractivity contribution in [1.82, 2.24) is 14.5 Å². The number of benzene rings is 2. The van der Waals surface area contributed by atoms with Crippen molar-refractivity contribution in [2.24, 2.45) is 0 Å². The van der Waals surface area contributed by atoms with Crippen LogP contribution in [0.4, 0.5) is 4.39 Å². The summed E-state index contributed by atoms with van der Waals surface area (Å²) in [4.78, 5) is 14.2. The van der Waals surface area contributed by atoms with Gasteiger partial charge in [0.05, 0.1) is 17.5 Å². The first-order chi connectivity index (χ1) is 13.4. The Morgan fingerprint density at radius 1 is 1.07 bits per heavy atom. The van der Waals surface area contributed by atoms with Crippen LogP contribution < -0.4 is 5.32 Å². The van der Waals surface area contributed by atoms with Crippen molar-refractivity contribution < 1.29 is 17.6 Å². The highest BCUT2D eigenvalue weighted by molar-refractivity contribution is 7.89. The fraction of sp³-hybridized carbons (Fsp3) is 0.350. The Morgan fingerprint density at radius 2 is 1.75 bits per heavy atom. The Labute approximate surface area is 165 Å². The molecule has 8 heteroatoms. The number of carbonyl (C=O) groups is 1. The molecule has 0 spiro atoms. The van der Waals surface area contributed by atoms with Crippen molar-refractivity contribution >= 4 is 15.9 Å². The van der Waals surface area contributed by atoms with Crippen molar-refractivity contribution in [2.75, 3.05) is 32.7 Å². The van der Waals surface area contributed by atoms with Gasteiger partial charge in [0.15, 0.2) is 0 Å². The van der Waals surface area contributed by atoms with Crippen molar-refractivity contribution in [3.8, 4) is 0 Å². The van der Waals surface area contributed by atoms with Gasteiger partial charge in [-0.1, -0.05) is 36.4 Å². The van der Waals surface area contributed by atoms with Crippen LogP contribution in [0.2, 0.25) is 0 Å². The zero-order chi connectivity index (χ0) is 20.1. The number of halogens is 1. The van der Waals surface area contributed by atoms with E-state index in [2.05, 4.69) is 5.32 Å². The van der Waals surface area contributed by atoms with Crippen molar-refractivity contribution in [2.45, 2.75) is 17.9 Å². The Bertz CT molecular complexity index is 913. The number of rotatable bonds is 6. The Morgan fingerprint density at radius 3 is 2.39 bits per heavy atom. The first-order valence-electron chi connectivity index (χ1n) is 9.18. The van der Waals surface area contributed by atoms with Gasteiger partial charge in [0.1, 0.15) is 5.82 Å². The van der Waals surface area contributed by atoms with Crippen molar-refractivity contribution in [3.05, 3.63) is 66.0 Å². The molecule has 1 heterocycles. The van der Waals surface area contributed by atoms with Gasteiger partial charge in [0.2, 0.25) is 15.9 Å². The van der Waals surface area contributed by atoms with Gasteiger partial charge in [0, 0.05) is 26.2 Å². The molecule has 0 aromatic heterocycles. The third-order valence-electron chi connectivity index (χ3n) is 4.81. The van der Waals surface area contributed by atoms with E-state index in [9.17, 15) is 17.6 Å². The lowest BCUT2D eigenvalue weighted by Crippen LogP contribution is -2.51. The molecule has 1 atom stereocenters. The molecule has 1 fully saturated rings. The van der Waals surface area contributed by atoms with Crippen LogP contribution in [0, 0.1) is 5.82 Å². The van der Waals surface area contributed by atoms with E-state index in [1.807, 2.05) is 42.2 Å². The second-order valence-electron chi connectivity index (χ2n) is 6.84. The van der Waals surface area contributed by atoms with Crippen LogP contribution in [0.25, 0.3) is 0 Å². The molecule has 1 aliphatic rings. The highest BCUT2D eigenvalue weighted by Gasteiger charge is 2.29. The van der Waals surface area contributed by atoms with Crippen LogP contribution in [0.3, 0.4) is 0 Å². The topological polar surface area (TPSA) is 69.7 Å². The summed E-state index contributed by atoms with van der Waals surface area (Å²) in [6.45, 7) is 3.56. The molecule has 0 aliphatic carbocycles. The maximum atomic E-state index is 13.4. The van der Waals surface area contributed by atoms with Gasteiger partial charge >= 0.3 is 0 Å². The molecule has 0 bridgehead atoms. The minimum atomic E-state index is -3.73. The summed E-state index contributed by atoms with van der Waals surface area (Å²) in [6, 6.07) is 14.6. The maximum absolute atomic E-state index is 13.4. The molecule has 1 amide bonds. The standard InChI is InChI=1S/C20H24FN3O3S/c1-16(17-6-3-2-4-7-17)22-20(25)15-23-10-12-24(13-11-23)28(26,27)19-9-5-8-18(21)14-19/h2-9,14,16H,10-13,15H2,1H3,(H,22,25)/t16-/m1/s1. The quantitative estimate of drug-likeness (QED) is 0.798. The minimum Gasteiger partial charge on any atom is -0.348 e. The molecule has 1 saturated heterocycles. The van der Waals surface area contributed by atoms with Gasteiger partial charge in [-0.3, -0.25) is 9.69 Å². The molecule has 1 N–H and O–H groups in total. The maximum Gasteiger partial charge on any atom is 0.243 e. The fourth-order valence-corrected chi connectivity index (χ4v) is 4.67. The number of hydrogen-bond acceptors (Lipinski definition) is 4. The number of nitrogens with zero attached hydrogens (tertiary/aromatic N) is 2. The highest BCUT2D eigenvalue weighted by atomic mass is 32.2.